The van der Waals surface area contributed by atoms with Crippen LogP contribution in [0.4, 0.5) is 5.69 Å². The molecule has 3 aromatic heterocycles. The molecule has 3 heterocycles. The Morgan fingerprint density at radius 1 is 0.935 bits per heavy atom. The van der Waals surface area contributed by atoms with E-state index in [1.165, 1.54) is 0 Å². The van der Waals surface area contributed by atoms with Gasteiger partial charge < -0.3 is 9.88 Å². The summed E-state index contributed by atoms with van der Waals surface area (Å²) in [5.41, 5.74) is 5.75. The molecule has 0 atom stereocenters. The number of nitrogens with zero attached hydrogens (tertiary/aromatic N) is 3. The number of aryl methyl sites for hydroxylation is 1. The van der Waals surface area contributed by atoms with Crippen molar-refractivity contribution in [3.8, 4) is 11.8 Å². The number of hydrogen-bond donors (Lipinski definition) is 1. The smallest absolute Gasteiger partial charge is 0.257 e. The third-order valence-electron chi connectivity index (χ3n) is 4.98. The highest BCUT2D eigenvalue weighted by Crippen LogP contribution is 2.19. The zero-order chi connectivity index (χ0) is 21.6. The second kappa shape index (κ2) is 9.10. The van der Waals surface area contributed by atoms with Gasteiger partial charge in [0.25, 0.3) is 5.91 Å². The fraction of sp³-hybridized carbons (Fsp3) is 0.115. The average molecular weight is 406 g/mol. The minimum absolute atomic E-state index is 0.143. The molecule has 0 fully saturated rings. The summed E-state index contributed by atoms with van der Waals surface area (Å²) in [6, 6.07) is 20.9. The van der Waals surface area contributed by atoms with Crippen LogP contribution in [0.15, 0.2) is 79.1 Å². The SMILES string of the molecule is Cc1cc(C(=O)Nc2cccc(C#Cc3ccccn3)c2)c(C)n1Cc1ccccn1. The Morgan fingerprint density at radius 2 is 1.74 bits per heavy atom. The van der Waals surface area contributed by atoms with Crippen molar-refractivity contribution in [1.29, 1.82) is 0 Å². The van der Waals surface area contributed by atoms with Crippen molar-refractivity contribution in [3.05, 3.63) is 113 Å². The zero-order valence-corrected chi connectivity index (χ0v) is 17.5. The fourth-order valence-electron chi connectivity index (χ4n) is 3.37. The Morgan fingerprint density at radius 3 is 2.48 bits per heavy atom. The Labute approximate surface area is 181 Å². The van der Waals surface area contributed by atoms with Crippen molar-refractivity contribution < 1.29 is 4.79 Å². The van der Waals surface area contributed by atoms with Crippen molar-refractivity contribution in [2.75, 3.05) is 5.32 Å². The number of hydrogen-bond acceptors (Lipinski definition) is 3. The van der Waals surface area contributed by atoms with Crippen LogP contribution in [0, 0.1) is 25.7 Å². The lowest BCUT2D eigenvalue weighted by Crippen LogP contribution is -2.13. The molecule has 5 heteroatoms. The third-order valence-corrected chi connectivity index (χ3v) is 4.98. The molecule has 5 nitrogen and oxygen atoms in total. The fourth-order valence-corrected chi connectivity index (χ4v) is 3.37. The molecule has 4 aromatic rings. The summed E-state index contributed by atoms with van der Waals surface area (Å²) >= 11 is 0. The number of carbonyl (C=O) groups is 1. The van der Waals surface area contributed by atoms with Gasteiger partial charge in [-0.2, -0.15) is 0 Å². The van der Waals surface area contributed by atoms with Gasteiger partial charge in [-0.05, 0) is 68.3 Å². The highest BCUT2D eigenvalue weighted by atomic mass is 16.1. The molecule has 0 saturated heterocycles. The van der Waals surface area contributed by atoms with Crippen molar-refractivity contribution in [2.24, 2.45) is 0 Å². The molecule has 0 unspecified atom stereocenters. The van der Waals surface area contributed by atoms with Crippen molar-refractivity contribution in [3.63, 3.8) is 0 Å². The lowest BCUT2D eigenvalue weighted by atomic mass is 10.1. The molecule has 1 amide bonds. The van der Waals surface area contributed by atoms with Gasteiger partial charge in [0.15, 0.2) is 0 Å². The van der Waals surface area contributed by atoms with E-state index in [1.807, 2.05) is 80.6 Å². The minimum Gasteiger partial charge on any atom is -0.342 e. The first-order valence-electron chi connectivity index (χ1n) is 10.0. The molecular formula is C26H22N4O. The molecule has 0 spiro atoms. The van der Waals surface area contributed by atoms with Gasteiger partial charge in [-0.3, -0.25) is 9.78 Å². The summed E-state index contributed by atoms with van der Waals surface area (Å²) in [5.74, 6) is 5.98. The van der Waals surface area contributed by atoms with Gasteiger partial charge in [0, 0.05) is 35.0 Å². The van der Waals surface area contributed by atoms with E-state index in [9.17, 15) is 4.79 Å². The van der Waals surface area contributed by atoms with E-state index in [0.29, 0.717) is 23.5 Å². The van der Waals surface area contributed by atoms with Gasteiger partial charge >= 0.3 is 0 Å². The maximum Gasteiger partial charge on any atom is 0.257 e. The van der Waals surface area contributed by atoms with Crippen LogP contribution in [0.5, 0.6) is 0 Å². The summed E-state index contributed by atoms with van der Waals surface area (Å²) in [5, 5.41) is 2.99. The Hall–Kier alpha value is -4.17. The monoisotopic (exact) mass is 406 g/mol. The molecule has 0 saturated carbocycles. The van der Waals surface area contributed by atoms with Gasteiger partial charge in [0.2, 0.25) is 0 Å². The number of amides is 1. The van der Waals surface area contributed by atoms with Crippen molar-refractivity contribution in [1.82, 2.24) is 14.5 Å². The predicted molar refractivity (Wildman–Crippen MR) is 122 cm³/mol. The largest absolute Gasteiger partial charge is 0.342 e. The molecule has 31 heavy (non-hydrogen) atoms. The Kier molecular flexibility index (Phi) is 5.91. The van der Waals surface area contributed by atoms with E-state index in [4.69, 9.17) is 0 Å². The van der Waals surface area contributed by atoms with Crippen LogP contribution in [-0.4, -0.2) is 20.4 Å². The van der Waals surface area contributed by atoms with Crippen LogP contribution in [0.25, 0.3) is 0 Å². The summed E-state index contributed by atoms with van der Waals surface area (Å²) in [6.07, 6.45) is 3.49. The number of carbonyl (C=O) groups excluding carboxylic acids is 1. The predicted octanol–water partition coefficient (Wildman–Crippen LogP) is 4.60. The normalized spacial score (nSPS) is 10.3. The molecule has 4 rings (SSSR count). The number of aromatic nitrogens is 3. The van der Waals surface area contributed by atoms with Crippen LogP contribution in [-0.2, 0) is 6.54 Å². The standard InChI is InChI=1S/C26H22N4O/c1-19-16-25(20(2)30(19)18-24-10-4-6-15-28-24)26(31)29-23-11-7-8-21(17-23)12-13-22-9-3-5-14-27-22/h3-11,14-17H,18H2,1-2H3,(H,29,31). The van der Waals surface area contributed by atoms with Crippen LogP contribution >= 0.6 is 0 Å². The summed E-state index contributed by atoms with van der Waals surface area (Å²) < 4.78 is 2.10. The van der Waals surface area contributed by atoms with Crippen molar-refractivity contribution in [2.45, 2.75) is 20.4 Å². The van der Waals surface area contributed by atoms with E-state index < -0.39 is 0 Å². The van der Waals surface area contributed by atoms with Gasteiger partial charge in [-0.15, -0.1) is 0 Å². The number of anilines is 1. The summed E-state index contributed by atoms with van der Waals surface area (Å²) in [6.45, 7) is 4.59. The quantitative estimate of drug-likeness (QED) is 0.504. The molecule has 0 aliphatic carbocycles. The van der Waals surface area contributed by atoms with E-state index in [1.54, 1.807) is 12.4 Å². The first kappa shape index (κ1) is 20.1. The molecule has 0 aliphatic heterocycles. The Bertz CT molecular complexity index is 1270. The maximum atomic E-state index is 13.0. The third kappa shape index (κ3) is 4.88. The second-order valence-electron chi connectivity index (χ2n) is 7.19. The number of nitrogens with one attached hydrogen (secondary N) is 1. The van der Waals surface area contributed by atoms with E-state index in [-0.39, 0.29) is 5.91 Å². The van der Waals surface area contributed by atoms with Crippen LogP contribution in [0.1, 0.15) is 38.7 Å². The highest BCUT2D eigenvalue weighted by Gasteiger charge is 2.16. The number of pyridine rings is 2. The van der Waals surface area contributed by atoms with Crippen LogP contribution in [0.3, 0.4) is 0 Å². The second-order valence-corrected chi connectivity index (χ2v) is 7.19. The first-order chi connectivity index (χ1) is 15.1. The maximum absolute atomic E-state index is 13.0. The number of benzene rings is 1. The summed E-state index contributed by atoms with van der Waals surface area (Å²) in [4.78, 5) is 21.6. The van der Waals surface area contributed by atoms with E-state index in [2.05, 4.69) is 31.7 Å². The van der Waals surface area contributed by atoms with Crippen LogP contribution < -0.4 is 5.32 Å². The van der Waals surface area contributed by atoms with Gasteiger partial charge in [0.05, 0.1) is 17.8 Å². The molecule has 152 valence electrons. The molecule has 1 aromatic carbocycles. The van der Waals surface area contributed by atoms with Gasteiger partial charge in [-0.1, -0.05) is 24.1 Å². The first-order valence-corrected chi connectivity index (χ1v) is 10.0. The molecule has 0 aliphatic rings. The highest BCUT2D eigenvalue weighted by molar-refractivity contribution is 6.05. The van der Waals surface area contributed by atoms with E-state index in [0.717, 1.165) is 22.6 Å². The van der Waals surface area contributed by atoms with Gasteiger partial charge in [0.1, 0.15) is 5.69 Å². The van der Waals surface area contributed by atoms with Crippen LogP contribution in [0.2, 0.25) is 0 Å². The molecular weight excluding hydrogens is 384 g/mol. The lowest BCUT2D eigenvalue weighted by molar-refractivity contribution is 0.102. The van der Waals surface area contributed by atoms with Gasteiger partial charge in [-0.25, -0.2) is 4.98 Å². The minimum atomic E-state index is -0.143. The molecule has 0 radical (unpaired) electrons. The van der Waals surface area contributed by atoms with E-state index >= 15 is 0 Å². The average Bonchev–Trinajstić information content (AvgIpc) is 3.08. The molecule has 0 bridgehead atoms. The molecule has 1 N–H and O–H groups in total. The topological polar surface area (TPSA) is 59.8 Å². The zero-order valence-electron chi connectivity index (χ0n) is 17.5. The van der Waals surface area contributed by atoms with Crippen molar-refractivity contribution >= 4 is 11.6 Å². The number of rotatable bonds is 4. The Balaban J connectivity index is 1.51. The summed E-state index contributed by atoms with van der Waals surface area (Å²) in [7, 11) is 0. The lowest BCUT2D eigenvalue weighted by Gasteiger charge is -2.10.